The summed E-state index contributed by atoms with van der Waals surface area (Å²) in [6.07, 6.45) is 4.89. The number of carbonyl (C=O) groups excluding carboxylic acids is 2. The number of thioether (sulfide) groups is 1. The zero-order valence-corrected chi connectivity index (χ0v) is 12.9. The van der Waals surface area contributed by atoms with Crippen molar-refractivity contribution in [1.82, 2.24) is 4.90 Å². The molecule has 0 saturated carbocycles. The number of likely N-dealkylation sites (N-methyl/N-ethyl adjacent to an activating group) is 1. The number of nitrogens with zero attached hydrogens (tertiary/aromatic N) is 1. The van der Waals surface area contributed by atoms with E-state index in [1.54, 1.807) is 51.3 Å². The van der Waals surface area contributed by atoms with Crippen LogP contribution in [0.4, 0.5) is 0 Å². The lowest BCUT2D eigenvalue weighted by Crippen LogP contribution is -2.21. The molecule has 0 amide bonds. The summed E-state index contributed by atoms with van der Waals surface area (Å²) in [7, 11) is 3.47. The van der Waals surface area contributed by atoms with Gasteiger partial charge in [0.25, 0.3) is 0 Å². The molecule has 0 aliphatic rings. The predicted octanol–water partition coefficient (Wildman–Crippen LogP) is 1.81. The van der Waals surface area contributed by atoms with Crippen LogP contribution in [0, 0.1) is 0 Å². The summed E-state index contributed by atoms with van der Waals surface area (Å²) in [6, 6.07) is 0. The maximum absolute atomic E-state index is 11.7. The summed E-state index contributed by atoms with van der Waals surface area (Å²) < 4.78 is 9.85. The Bertz CT molecular complexity index is 375. The van der Waals surface area contributed by atoms with Crippen molar-refractivity contribution < 1.29 is 19.1 Å². The summed E-state index contributed by atoms with van der Waals surface area (Å²) in [6.45, 7) is 4.11. The fourth-order valence-electron chi connectivity index (χ4n) is 1.18. The highest BCUT2D eigenvalue weighted by molar-refractivity contribution is 8.03. The molecule has 0 bridgehead atoms. The van der Waals surface area contributed by atoms with Gasteiger partial charge in [0.05, 0.1) is 18.1 Å². The normalized spacial score (nSPS) is 12.1. The van der Waals surface area contributed by atoms with Gasteiger partial charge >= 0.3 is 11.9 Å². The Labute approximate surface area is 118 Å². The van der Waals surface area contributed by atoms with Crippen molar-refractivity contribution in [3.63, 3.8) is 0 Å². The van der Waals surface area contributed by atoms with E-state index in [1.165, 1.54) is 11.8 Å². The van der Waals surface area contributed by atoms with E-state index in [4.69, 9.17) is 9.47 Å². The van der Waals surface area contributed by atoms with Crippen molar-refractivity contribution in [2.24, 2.45) is 0 Å². The quantitative estimate of drug-likeness (QED) is 0.404. The number of ether oxygens (including phenoxy) is 2. The topological polar surface area (TPSA) is 55.8 Å². The van der Waals surface area contributed by atoms with Crippen LogP contribution in [0.25, 0.3) is 0 Å². The van der Waals surface area contributed by atoms with Gasteiger partial charge in [-0.1, -0.05) is 0 Å². The van der Waals surface area contributed by atoms with E-state index in [-0.39, 0.29) is 0 Å². The number of rotatable bonds is 7. The van der Waals surface area contributed by atoms with E-state index in [9.17, 15) is 9.59 Å². The second-order valence-electron chi connectivity index (χ2n) is 3.62. The van der Waals surface area contributed by atoms with Gasteiger partial charge in [-0.3, -0.25) is 0 Å². The van der Waals surface area contributed by atoms with Gasteiger partial charge in [-0.25, -0.2) is 9.59 Å². The number of hydrogen-bond acceptors (Lipinski definition) is 6. The van der Waals surface area contributed by atoms with Crippen LogP contribution in [0.1, 0.15) is 13.8 Å². The van der Waals surface area contributed by atoms with Crippen LogP contribution in [0.2, 0.25) is 0 Å². The molecule has 0 rings (SSSR count). The van der Waals surface area contributed by atoms with Gasteiger partial charge in [-0.05, 0) is 32.3 Å². The second kappa shape index (κ2) is 9.49. The molecule has 0 heterocycles. The first kappa shape index (κ1) is 17.6. The van der Waals surface area contributed by atoms with Crippen molar-refractivity contribution in [3.05, 3.63) is 22.8 Å². The summed E-state index contributed by atoms with van der Waals surface area (Å²) in [4.78, 5) is 25.4. The summed E-state index contributed by atoms with van der Waals surface area (Å²) >= 11 is 1.27. The van der Waals surface area contributed by atoms with E-state index < -0.39 is 11.9 Å². The van der Waals surface area contributed by atoms with Gasteiger partial charge in [0.1, 0.15) is 5.70 Å². The Balaban J connectivity index is 5.11. The van der Waals surface area contributed by atoms with Crippen LogP contribution in [-0.2, 0) is 19.1 Å². The average Bonchev–Trinajstić information content (AvgIpc) is 2.34. The molecule has 19 heavy (non-hydrogen) atoms. The molecule has 108 valence electrons. The fraction of sp³-hybridized carbons (Fsp3) is 0.538. The highest BCUT2D eigenvalue weighted by Gasteiger charge is 2.13. The molecule has 0 aromatic rings. The number of allylic oxidation sites excluding steroid dienone is 2. The lowest BCUT2D eigenvalue weighted by atomic mass is 10.3. The lowest BCUT2D eigenvalue weighted by molar-refractivity contribution is -0.140. The molecule has 0 spiro atoms. The second-order valence-corrected chi connectivity index (χ2v) is 4.47. The maximum atomic E-state index is 11.7. The van der Waals surface area contributed by atoms with E-state index in [0.717, 1.165) is 0 Å². The molecule has 0 aliphatic heterocycles. The first-order chi connectivity index (χ1) is 8.97. The van der Waals surface area contributed by atoms with E-state index in [2.05, 4.69) is 0 Å². The summed E-state index contributed by atoms with van der Waals surface area (Å²) in [5.74, 6) is -0.818. The minimum Gasteiger partial charge on any atom is -0.462 e. The van der Waals surface area contributed by atoms with Gasteiger partial charge in [0, 0.05) is 14.1 Å². The molecule has 0 N–H and O–H groups in total. The zero-order valence-electron chi connectivity index (χ0n) is 12.1. The van der Waals surface area contributed by atoms with Crippen LogP contribution in [0.3, 0.4) is 0 Å². The Kier molecular flexibility index (Phi) is 8.78. The maximum Gasteiger partial charge on any atom is 0.354 e. The SMILES string of the molecule is CCOC(=O)/C(=C/C=C(/C(=O)OCC)N(C)C)SC. The third-order valence-electron chi connectivity index (χ3n) is 2.06. The van der Waals surface area contributed by atoms with Crippen molar-refractivity contribution >= 4 is 23.7 Å². The molecule has 0 saturated heterocycles. The minimum atomic E-state index is -0.423. The van der Waals surface area contributed by atoms with Crippen LogP contribution < -0.4 is 0 Å². The van der Waals surface area contributed by atoms with Crippen LogP contribution in [-0.4, -0.2) is 50.4 Å². The molecule has 0 aromatic carbocycles. The Morgan fingerprint density at radius 1 is 1.05 bits per heavy atom. The molecule has 5 nitrogen and oxygen atoms in total. The molecule has 6 heteroatoms. The first-order valence-electron chi connectivity index (χ1n) is 5.95. The molecule has 0 aliphatic carbocycles. The first-order valence-corrected chi connectivity index (χ1v) is 7.17. The standard InChI is InChI=1S/C13H21NO4S/c1-6-17-12(15)10(14(3)4)8-9-11(19-5)13(16)18-7-2/h8-9H,6-7H2,1-5H3/b10-8-,11-9-. The zero-order chi connectivity index (χ0) is 14.8. The van der Waals surface area contributed by atoms with Crippen LogP contribution in [0.5, 0.6) is 0 Å². The van der Waals surface area contributed by atoms with E-state index >= 15 is 0 Å². The highest BCUT2D eigenvalue weighted by Crippen LogP contribution is 2.15. The van der Waals surface area contributed by atoms with E-state index in [1.807, 2.05) is 0 Å². The van der Waals surface area contributed by atoms with Crippen LogP contribution >= 0.6 is 11.8 Å². The van der Waals surface area contributed by atoms with Gasteiger partial charge in [-0.2, -0.15) is 0 Å². The van der Waals surface area contributed by atoms with Gasteiger partial charge in [-0.15, -0.1) is 11.8 Å². The molecular weight excluding hydrogens is 266 g/mol. The van der Waals surface area contributed by atoms with Crippen molar-refractivity contribution in [2.45, 2.75) is 13.8 Å². The van der Waals surface area contributed by atoms with Crippen molar-refractivity contribution in [3.8, 4) is 0 Å². The number of esters is 2. The average molecular weight is 287 g/mol. The molecular formula is C13H21NO4S. The smallest absolute Gasteiger partial charge is 0.354 e. The van der Waals surface area contributed by atoms with E-state index in [0.29, 0.717) is 23.8 Å². The largest absolute Gasteiger partial charge is 0.462 e. The van der Waals surface area contributed by atoms with Gasteiger partial charge < -0.3 is 14.4 Å². The van der Waals surface area contributed by atoms with Crippen molar-refractivity contribution in [1.29, 1.82) is 0 Å². The molecule has 0 atom stereocenters. The van der Waals surface area contributed by atoms with Gasteiger partial charge in [0.2, 0.25) is 0 Å². The third kappa shape index (κ3) is 6.33. The summed E-state index contributed by atoms with van der Waals surface area (Å²) in [5.41, 5.74) is 0.373. The molecule has 0 radical (unpaired) electrons. The fourth-order valence-corrected chi connectivity index (χ4v) is 1.61. The highest BCUT2D eigenvalue weighted by atomic mass is 32.2. The predicted molar refractivity (Wildman–Crippen MR) is 76.6 cm³/mol. The minimum absolute atomic E-state index is 0.307. The Morgan fingerprint density at radius 3 is 2.00 bits per heavy atom. The molecule has 0 unspecified atom stereocenters. The number of carbonyl (C=O) groups is 2. The van der Waals surface area contributed by atoms with Crippen molar-refractivity contribution in [2.75, 3.05) is 33.6 Å². The Morgan fingerprint density at radius 2 is 1.58 bits per heavy atom. The monoisotopic (exact) mass is 287 g/mol. The number of hydrogen-bond donors (Lipinski definition) is 0. The summed E-state index contributed by atoms with van der Waals surface area (Å²) in [5, 5.41) is 0. The Hall–Kier alpha value is -1.43. The lowest BCUT2D eigenvalue weighted by Gasteiger charge is -2.15. The van der Waals surface area contributed by atoms with Gasteiger partial charge in [0.15, 0.2) is 0 Å². The third-order valence-corrected chi connectivity index (χ3v) is 2.80. The molecule has 0 fully saturated rings. The molecule has 0 aromatic heterocycles. The van der Waals surface area contributed by atoms with Crippen LogP contribution in [0.15, 0.2) is 22.8 Å².